The third-order valence-electron chi connectivity index (χ3n) is 3.21. The van der Waals surface area contributed by atoms with E-state index in [1.165, 1.54) is 13.1 Å². The second kappa shape index (κ2) is 6.57. The SMILES string of the molecule is CC(=O)c1ccc(-c2ccccc2C=C/C=C\N)c(N)c1. The van der Waals surface area contributed by atoms with Crippen LogP contribution in [0, 0.1) is 0 Å². The minimum atomic E-state index is 0.00881. The van der Waals surface area contributed by atoms with Gasteiger partial charge in [-0.15, -0.1) is 0 Å². The number of carbonyl (C=O) groups is 1. The maximum absolute atomic E-state index is 11.4. The highest BCUT2D eigenvalue weighted by Crippen LogP contribution is 2.30. The first-order valence-corrected chi connectivity index (χ1v) is 6.68. The van der Waals surface area contributed by atoms with Gasteiger partial charge in [-0.1, -0.05) is 48.6 Å². The standard InChI is InChI=1S/C18H18N2O/c1-13(21)15-9-10-17(18(20)12-15)16-8-3-2-6-14(16)7-4-5-11-19/h2-12H,19-20H2,1H3/b7-4?,11-5-. The molecule has 4 N–H and O–H groups in total. The van der Waals surface area contributed by atoms with Gasteiger partial charge in [0.15, 0.2) is 5.78 Å². The molecular formula is C18H18N2O. The second-order valence-electron chi connectivity index (χ2n) is 4.69. The number of hydrogen-bond acceptors (Lipinski definition) is 3. The van der Waals surface area contributed by atoms with Crippen LogP contribution in [0.1, 0.15) is 22.8 Å². The van der Waals surface area contributed by atoms with Crippen LogP contribution >= 0.6 is 0 Å². The molecule has 0 spiro atoms. The Balaban J connectivity index is 2.49. The van der Waals surface area contributed by atoms with Crippen LogP contribution in [0.25, 0.3) is 17.2 Å². The van der Waals surface area contributed by atoms with Gasteiger partial charge < -0.3 is 11.5 Å². The minimum absolute atomic E-state index is 0.00881. The van der Waals surface area contributed by atoms with E-state index in [1.807, 2.05) is 42.5 Å². The lowest BCUT2D eigenvalue weighted by Gasteiger charge is -2.10. The molecule has 0 fully saturated rings. The molecular weight excluding hydrogens is 260 g/mol. The van der Waals surface area contributed by atoms with Crippen molar-refractivity contribution in [3.8, 4) is 11.1 Å². The van der Waals surface area contributed by atoms with Gasteiger partial charge in [-0.3, -0.25) is 4.79 Å². The van der Waals surface area contributed by atoms with Gasteiger partial charge in [0, 0.05) is 16.8 Å². The Labute approximate surface area is 124 Å². The van der Waals surface area contributed by atoms with Crippen LogP contribution in [0.5, 0.6) is 0 Å². The van der Waals surface area contributed by atoms with Gasteiger partial charge >= 0.3 is 0 Å². The summed E-state index contributed by atoms with van der Waals surface area (Å²) in [6.45, 7) is 1.53. The van der Waals surface area contributed by atoms with E-state index in [9.17, 15) is 4.79 Å². The largest absolute Gasteiger partial charge is 0.405 e. The average molecular weight is 278 g/mol. The fourth-order valence-corrected chi connectivity index (χ4v) is 2.14. The maximum atomic E-state index is 11.4. The van der Waals surface area contributed by atoms with Crippen molar-refractivity contribution in [1.82, 2.24) is 0 Å². The molecule has 3 nitrogen and oxygen atoms in total. The van der Waals surface area contributed by atoms with E-state index in [1.54, 1.807) is 18.2 Å². The summed E-state index contributed by atoms with van der Waals surface area (Å²) in [7, 11) is 0. The zero-order valence-electron chi connectivity index (χ0n) is 11.9. The molecule has 21 heavy (non-hydrogen) atoms. The van der Waals surface area contributed by atoms with Crippen molar-refractivity contribution in [1.29, 1.82) is 0 Å². The van der Waals surface area contributed by atoms with Crippen molar-refractivity contribution in [3.63, 3.8) is 0 Å². The maximum Gasteiger partial charge on any atom is 0.159 e. The fraction of sp³-hybridized carbons (Fsp3) is 0.0556. The molecule has 0 aliphatic heterocycles. The van der Waals surface area contributed by atoms with Crippen molar-refractivity contribution in [2.75, 3.05) is 5.73 Å². The summed E-state index contributed by atoms with van der Waals surface area (Å²) in [4.78, 5) is 11.4. The summed E-state index contributed by atoms with van der Waals surface area (Å²) >= 11 is 0. The van der Waals surface area contributed by atoms with Gasteiger partial charge in [-0.2, -0.15) is 0 Å². The highest BCUT2D eigenvalue weighted by molar-refractivity contribution is 5.97. The highest BCUT2D eigenvalue weighted by Gasteiger charge is 2.08. The molecule has 0 heterocycles. The van der Waals surface area contributed by atoms with Crippen molar-refractivity contribution >= 4 is 17.5 Å². The number of hydrogen-bond donors (Lipinski definition) is 2. The number of allylic oxidation sites excluding steroid dienone is 2. The molecule has 3 heteroatoms. The van der Waals surface area contributed by atoms with E-state index in [2.05, 4.69) is 0 Å². The molecule has 0 saturated carbocycles. The number of benzene rings is 2. The topological polar surface area (TPSA) is 69.1 Å². The number of rotatable bonds is 4. The molecule has 106 valence electrons. The molecule has 0 bridgehead atoms. The van der Waals surface area contributed by atoms with Crippen LogP contribution in [0.2, 0.25) is 0 Å². The lowest BCUT2D eigenvalue weighted by Crippen LogP contribution is -1.97. The second-order valence-corrected chi connectivity index (χ2v) is 4.69. The predicted octanol–water partition coefficient (Wildman–Crippen LogP) is 3.62. The van der Waals surface area contributed by atoms with Gasteiger partial charge in [0.2, 0.25) is 0 Å². The number of ketones is 1. The summed E-state index contributed by atoms with van der Waals surface area (Å²) in [5.74, 6) is 0.00881. The van der Waals surface area contributed by atoms with Gasteiger partial charge in [-0.05, 0) is 36.4 Å². The molecule has 2 aromatic rings. The predicted molar refractivity (Wildman–Crippen MR) is 88.7 cm³/mol. The van der Waals surface area contributed by atoms with E-state index in [0.29, 0.717) is 11.3 Å². The van der Waals surface area contributed by atoms with Gasteiger partial charge in [-0.25, -0.2) is 0 Å². The monoisotopic (exact) mass is 278 g/mol. The number of nitrogen functional groups attached to an aromatic ring is 1. The summed E-state index contributed by atoms with van der Waals surface area (Å²) < 4.78 is 0. The molecule has 0 radical (unpaired) electrons. The van der Waals surface area contributed by atoms with Crippen molar-refractivity contribution < 1.29 is 4.79 Å². The van der Waals surface area contributed by atoms with E-state index in [0.717, 1.165) is 16.7 Å². The number of anilines is 1. The lowest BCUT2D eigenvalue weighted by molar-refractivity contribution is 0.101. The van der Waals surface area contributed by atoms with Gasteiger partial charge in [0.1, 0.15) is 0 Å². The third kappa shape index (κ3) is 3.39. The zero-order chi connectivity index (χ0) is 15.2. The number of carbonyl (C=O) groups excluding carboxylic acids is 1. The van der Waals surface area contributed by atoms with Crippen LogP contribution in [0.15, 0.2) is 60.8 Å². The molecule has 0 aromatic heterocycles. The average Bonchev–Trinajstić information content (AvgIpc) is 2.48. The van der Waals surface area contributed by atoms with E-state index >= 15 is 0 Å². The first-order chi connectivity index (χ1) is 10.1. The molecule has 2 aromatic carbocycles. The Morgan fingerprint density at radius 2 is 1.81 bits per heavy atom. The first-order valence-electron chi connectivity index (χ1n) is 6.68. The van der Waals surface area contributed by atoms with E-state index in [-0.39, 0.29) is 5.78 Å². The summed E-state index contributed by atoms with van der Waals surface area (Å²) in [6, 6.07) is 13.3. The first kappa shape index (κ1) is 14.6. The summed E-state index contributed by atoms with van der Waals surface area (Å²) in [5, 5.41) is 0. The Hall–Kier alpha value is -2.81. The Morgan fingerprint density at radius 3 is 2.48 bits per heavy atom. The quantitative estimate of drug-likeness (QED) is 0.510. The zero-order valence-corrected chi connectivity index (χ0v) is 11.9. The van der Waals surface area contributed by atoms with Crippen LogP contribution in [0.3, 0.4) is 0 Å². The number of nitrogens with two attached hydrogens (primary N) is 2. The van der Waals surface area contributed by atoms with Crippen molar-refractivity contribution in [2.45, 2.75) is 6.92 Å². The third-order valence-corrected chi connectivity index (χ3v) is 3.21. The smallest absolute Gasteiger partial charge is 0.159 e. The molecule has 0 amide bonds. The van der Waals surface area contributed by atoms with Crippen LogP contribution in [0.4, 0.5) is 5.69 Å². The molecule has 0 saturated heterocycles. The normalized spacial score (nSPS) is 11.3. The van der Waals surface area contributed by atoms with Crippen LogP contribution in [-0.4, -0.2) is 5.78 Å². The van der Waals surface area contributed by atoms with Crippen LogP contribution < -0.4 is 11.5 Å². The number of Topliss-reactive ketones (excluding diaryl/α,β-unsaturated/α-hetero) is 1. The lowest BCUT2D eigenvalue weighted by atomic mass is 9.96. The molecule has 0 atom stereocenters. The Kier molecular flexibility index (Phi) is 4.57. The van der Waals surface area contributed by atoms with E-state index in [4.69, 9.17) is 11.5 Å². The summed E-state index contributed by atoms with van der Waals surface area (Å²) in [5.41, 5.74) is 15.6. The fourth-order valence-electron chi connectivity index (χ4n) is 2.14. The van der Waals surface area contributed by atoms with E-state index < -0.39 is 0 Å². The molecule has 0 unspecified atom stereocenters. The van der Waals surface area contributed by atoms with Gasteiger partial charge in [0.05, 0.1) is 0 Å². The molecule has 2 rings (SSSR count). The minimum Gasteiger partial charge on any atom is -0.405 e. The Bertz CT molecular complexity index is 715. The van der Waals surface area contributed by atoms with Crippen LogP contribution in [-0.2, 0) is 0 Å². The molecule has 0 aliphatic carbocycles. The summed E-state index contributed by atoms with van der Waals surface area (Å²) in [6.07, 6.45) is 7.09. The van der Waals surface area contributed by atoms with Crippen molar-refractivity contribution in [3.05, 3.63) is 71.9 Å². The molecule has 0 aliphatic rings. The highest BCUT2D eigenvalue weighted by atomic mass is 16.1. The van der Waals surface area contributed by atoms with Gasteiger partial charge in [0.25, 0.3) is 0 Å². The van der Waals surface area contributed by atoms with Crippen molar-refractivity contribution in [2.24, 2.45) is 5.73 Å². The Morgan fingerprint density at radius 1 is 1.05 bits per heavy atom.